The van der Waals surface area contributed by atoms with Crippen molar-refractivity contribution in [1.29, 1.82) is 0 Å². The van der Waals surface area contributed by atoms with E-state index >= 15 is 0 Å². The third kappa shape index (κ3) is 3.28. The maximum Gasteiger partial charge on any atom is 0.207 e. The molecule has 3 aromatic rings. The SMILES string of the molecule is COc1ccc(-c2ncccc2C)c(S(=O)(=O)c2ccc(C)cc2)c1. The van der Waals surface area contributed by atoms with Crippen LogP contribution >= 0.6 is 0 Å². The van der Waals surface area contributed by atoms with Gasteiger partial charge in [0.15, 0.2) is 0 Å². The smallest absolute Gasteiger partial charge is 0.207 e. The molecule has 0 fully saturated rings. The highest BCUT2D eigenvalue weighted by Crippen LogP contribution is 2.34. The molecule has 0 aliphatic rings. The zero-order chi connectivity index (χ0) is 18.0. The third-order valence-electron chi connectivity index (χ3n) is 4.07. The van der Waals surface area contributed by atoms with E-state index in [-0.39, 0.29) is 9.79 Å². The summed E-state index contributed by atoms with van der Waals surface area (Å²) in [6.07, 6.45) is 1.66. The minimum absolute atomic E-state index is 0.192. The molecular weight excluding hydrogens is 334 g/mol. The zero-order valence-corrected chi connectivity index (χ0v) is 15.2. The van der Waals surface area contributed by atoms with E-state index in [1.165, 1.54) is 7.11 Å². The first-order chi connectivity index (χ1) is 11.9. The average molecular weight is 353 g/mol. The van der Waals surface area contributed by atoms with Crippen LogP contribution in [0.3, 0.4) is 0 Å². The highest BCUT2D eigenvalue weighted by molar-refractivity contribution is 7.91. The maximum atomic E-state index is 13.2. The van der Waals surface area contributed by atoms with E-state index in [4.69, 9.17) is 4.74 Å². The van der Waals surface area contributed by atoms with Gasteiger partial charge >= 0.3 is 0 Å². The Labute approximate surface area is 148 Å². The molecule has 0 aliphatic carbocycles. The maximum absolute atomic E-state index is 13.2. The molecule has 3 rings (SSSR count). The highest BCUT2D eigenvalue weighted by Gasteiger charge is 2.24. The summed E-state index contributed by atoms with van der Waals surface area (Å²) in [4.78, 5) is 4.82. The first-order valence-electron chi connectivity index (χ1n) is 7.85. The lowest BCUT2D eigenvalue weighted by atomic mass is 10.1. The predicted molar refractivity (Wildman–Crippen MR) is 97.6 cm³/mol. The molecule has 0 saturated carbocycles. The number of methoxy groups -OCH3 is 1. The van der Waals surface area contributed by atoms with Crippen LogP contribution in [0.15, 0.2) is 70.6 Å². The minimum atomic E-state index is -3.70. The van der Waals surface area contributed by atoms with Crippen molar-refractivity contribution in [2.75, 3.05) is 7.11 Å². The van der Waals surface area contributed by atoms with E-state index in [2.05, 4.69) is 4.98 Å². The van der Waals surface area contributed by atoms with Crippen molar-refractivity contribution in [2.24, 2.45) is 0 Å². The van der Waals surface area contributed by atoms with Gasteiger partial charge < -0.3 is 4.74 Å². The second kappa shape index (κ2) is 6.69. The number of pyridine rings is 1. The van der Waals surface area contributed by atoms with Crippen molar-refractivity contribution in [3.63, 3.8) is 0 Å². The van der Waals surface area contributed by atoms with Crippen molar-refractivity contribution in [3.05, 3.63) is 71.9 Å². The van der Waals surface area contributed by atoms with Crippen molar-refractivity contribution >= 4 is 9.84 Å². The molecule has 0 unspecified atom stereocenters. The van der Waals surface area contributed by atoms with Gasteiger partial charge in [-0.1, -0.05) is 23.8 Å². The van der Waals surface area contributed by atoms with Crippen LogP contribution in [0.1, 0.15) is 11.1 Å². The van der Waals surface area contributed by atoms with Gasteiger partial charge in [0.05, 0.1) is 22.6 Å². The summed E-state index contributed by atoms with van der Waals surface area (Å²) < 4.78 is 31.7. The van der Waals surface area contributed by atoms with Crippen LogP contribution in [0.25, 0.3) is 11.3 Å². The molecule has 1 aromatic heterocycles. The third-order valence-corrected chi connectivity index (χ3v) is 5.88. The highest BCUT2D eigenvalue weighted by atomic mass is 32.2. The Morgan fingerprint density at radius 3 is 2.32 bits per heavy atom. The second-order valence-electron chi connectivity index (χ2n) is 5.85. The lowest BCUT2D eigenvalue weighted by molar-refractivity contribution is 0.413. The van der Waals surface area contributed by atoms with E-state index in [0.717, 1.165) is 11.1 Å². The molecule has 1 heterocycles. The Kier molecular flexibility index (Phi) is 4.59. The van der Waals surface area contributed by atoms with E-state index in [1.807, 2.05) is 26.0 Å². The fourth-order valence-electron chi connectivity index (χ4n) is 2.66. The Morgan fingerprint density at radius 1 is 0.960 bits per heavy atom. The van der Waals surface area contributed by atoms with Crippen LogP contribution in [0.2, 0.25) is 0 Å². The van der Waals surface area contributed by atoms with Crippen LogP contribution in [-0.2, 0) is 9.84 Å². The van der Waals surface area contributed by atoms with Gasteiger partial charge in [-0.2, -0.15) is 0 Å². The van der Waals surface area contributed by atoms with Gasteiger partial charge in [-0.15, -0.1) is 0 Å². The van der Waals surface area contributed by atoms with Crippen molar-refractivity contribution in [3.8, 4) is 17.0 Å². The van der Waals surface area contributed by atoms with Crippen molar-refractivity contribution < 1.29 is 13.2 Å². The van der Waals surface area contributed by atoms with Gasteiger partial charge in [0.2, 0.25) is 9.84 Å². The molecule has 128 valence electrons. The second-order valence-corrected chi connectivity index (χ2v) is 7.77. The molecule has 0 spiro atoms. The van der Waals surface area contributed by atoms with Crippen molar-refractivity contribution in [2.45, 2.75) is 23.6 Å². The van der Waals surface area contributed by atoms with Gasteiger partial charge in [-0.3, -0.25) is 4.98 Å². The largest absolute Gasteiger partial charge is 0.497 e. The minimum Gasteiger partial charge on any atom is -0.497 e. The van der Waals surface area contributed by atoms with Crippen LogP contribution < -0.4 is 4.74 Å². The molecule has 0 amide bonds. The van der Waals surface area contributed by atoms with Gasteiger partial charge in [0.25, 0.3) is 0 Å². The number of hydrogen-bond donors (Lipinski definition) is 0. The summed E-state index contributed by atoms with van der Waals surface area (Å²) in [7, 11) is -2.19. The van der Waals surface area contributed by atoms with E-state index in [1.54, 1.807) is 48.7 Å². The quantitative estimate of drug-likeness (QED) is 0.705. The van der Waals surface area contributed by atoms with E-state index in [9.17, 15) is 8.42 Å². The fourth-order valence-corrected chi connectivity index (χ4v) is 4.13. The molecular formula is C20H19NO3S. The summed E-state index contributed by atoms with van der Waals surface area (Å²) in [5, 5.41) is 0. The fraction of sp³-hybridized carbons (Fsp3) is 0.150. The number of aryl methyl sites for hydroxylation is 2. The van der Waals surface area contributed by atoms with Crippen LogP contribution in [0.4, 0.5) is 0 Å². The van der Waals surface area contributed by atoms with Gasteiger partial charge in [0.1, 0.15) is 5.75 Å². The molecule has 0 aliphatic heterocycles. The number of nitrogens with zero attached hydrogens (tertiary/aromatic N) is 1. The summed E-state index contributed by atoms with van der Waals surface area (Å²) in [6, 6.07) is 15.6. The first-order valence-corrected chi connectivity index (χ1v) is 9.33. The number of ether oxygens (including phenoxy) is 1. The Bertz CT molecular complexity index is 1010. The van der Waals surface area contributed by atoms with Crippen LogP contribution in [0.5, 0.6) is 5.75 Å². The van der Waals surface area contributed by atoms with Gasteiger partial charge in [-0.05, 0) is 55.8 Å². The molecule has 0 atom stereocenters. The number of rotatable bonds is 4. The number of aromatic nitrogens is 1. The van der Waals surface area contributed by atoms with Crippen LogP contribution in [-0.4, -0.2) is 20.5 Å². The summed E-state index contributed by atoms with van der Waals surface area (Å²) in [5.41, 5.74) is 3.13. The van der Waals surface area contributed by atoms with Crippen LogP contribution in [0, 0.1) is 13.8 Å². The molecule has 0 N–H and O–H groups in total. The Morgan fingerprint density at radius 2 is 1.68 bits per heavy atom. The summed E-state index contributed by atoms with van der Waals surface area (Å²) >= 11 is 0. The van der Waals surface area contributed by atoms with E-state index in [0.29, 0.717) is 17.0 Å². The standard InChI is InChI=1S/C20H19NO3S/c1-14-6-9-17(10-7-14)25(22,23)19-13-16(24-3)8-11-18(19)20-15(2)5-4-12-21-20/h4-13H,1-3H3. The Balaban J connectivity index is 2.27. The molecule has 4 nitrogen and oxygen atoms in total. The number of sulfone groups is 1. The molecule has 25 heavy (non-hydrogen) atoms. The lowest BCUT2D eigenvalue weighted by Crippen LogP contribution is -2.05. The molecule has 0 saturated heterocycles. The topological polar surface area (TPSA) is 56.3 Å². The predicted octanol–water partition coefficient (Wildman–Crippen LogP) is 4.21. The normalized spacial score (nSPS) is 11.3. The summed E-state index contributed by atoms with van der Waals surface area (Å²) in [5.74, 6) is 0.489. The molecule has 5 heteroatoms. The number of benzene rings is 2. The number of hydrogen-bond acceptors (Lipinski definition) is 4. The van der Waals surface area contributed by atoms with Gasteiger partial charge in [-0.25, -0.2) is 8.42 Å². The summed E-state index contributed by atoms with van der Waals surface area (Å²) in [6.45, 7) is 3.83. The Hall–Kier alpha value is -2.66. The molecule has 0 radical (unpaired) electrons. The van der Waals surface area contributed by atoms with Gasteiger partial charge in [0, 0.05) is 11.8 Å². The average Bonchev–Trinajstić information content (AvgIpc) is 2.62. The monoisotopic (exact) mass is 353 g/mol. The van der Waals surface area contributed by atoms with Crippen molar-refractivity contribution in [1.82, 2.24) is 4.98 Å². The van der Waals surface area contributed by atoms with E-state index < -0.39 is 9.84 Å². The molecule has 0 bridgehead atoms. The lowest BCUT2D eigenvalue weighted by Gasteiger charge is -2.13. The zero-order valence-electron chi connectivity index (χ0n) is 14.4. The first kappa shape index (κ1) is 17.2. The molecule has 2 aromatic carbocycles.